The minimum atomic E-state index is 0.317. The molecular formula is C17H20N4O. The van der Waals surface area contributed by atoms with Gasteiger partial charge in [0.05, 0.1) is 17.1 Å². The number of fused-ring (bicyclic) bond motifs is 1. The molecule has 0 saturated carbocycles. The molecule has 0 spiro atoms. The summed E-state index contributed by atoms with van der Waals surface area (Å²) in [6.45, 7) is 4.03. The predicted molar refractivity (Wildman–Crippen MR) is 87.0 cm³/mol. The normalized spacial score (nSPS) is 19.0. The fraction of sp³-hybridized carbons (Fsp3) is 0.353. The number of nitrogens with zero attached hydrogens (tertiary/aromatic N) is 3. The van der Waals surface area contributed by atoms with E-state index in [4.69, 9.17) is 10.6 Å². The first kappa shape index (κ1) is 14.5. The van der Waals surface area contributed by atoms with Gasteiger partial charge in [0.15, 0.2) is 0 Å². The number of anilines is 1. The minimum absolute atomic E-state index is 0.317. The number of hydrogen-bond acceptors (Lipinski definition) is 5. The Bertz CT molecular complexity index is 722. The zero-order chi connectivity index (χ0) is 15.7. The van der Waals surface area contributed by atoms with Crippen LogP contribution < -0.4 is 5.73 Å². The molecule has 0 radical (unpaired) electrons. The number of benzene rings is 1. The largest absolute Gasteiger partial charge is 0.399 e. The van der Waals surface area contributed by atoms with Crippen molar-refractivity contribution in [2.24, 2.45) is 5.16 Å². The number of oxime groups is 1. The Kier molecular flexibility index (Phi) is 3.79. The van der Waals surface area contributed by atoms with Crippen molar-refractivity contribution in [1.29, 1.82) is 0 Å². The van der Waals surface area contributed by atoms with Crippen LogP contribution >= 0.6 is 0 Å². The Balaban J connectivity index is 2.05. The Labute approximate surface area is 130 Å². The van der Waals surface area contributed by atoms with Crippen molar-refractivity contribution in [3.63, 3.8) is 0 Å². The predicted octanol–water partition coefficient (Wildman–Crippen LogP) is 2.76. The second-order valence-electron chi connectivity index (χ2n) is 5.73. The van der Waals surface area contributed by atoms with Crippen LogP contribution in [-0.2, 0) is 11.3 Å². The number of nitrogen functional groups attached to an aromatic ring is 1. The van der Waals surface area contributed by atoms with Crippen LogP contribution in [0.4, 0.5) is 5.95 Å². The Morgan fingerprint density at radius 3 is 2.55 bits per heavy atom. The van der Waals surface area contributed by atoms with Crippen molar-refractivity contribution in [3.8, 4) is 0 Å². The molecule has 1 aromatic heterocycles. The number of rotatable bonds is 2. The van der Waals surface area contributed by atoms with Crippen LogP contribution in [-0.4, -0.2) is 22.8 Å². The molecule has 1 aromatic carbocycles. The molecule has 1 heterocycles. The van der Waals surface area contributed by atoms with E-state index in [1.165, 1.54) is 11.1 Å². The molecule has 2 aromatic rings. The highest BCUT2D eigenvalue weighted by molar-refractivity contribution is 6.03. The van der Waals surface area contributed by atoms with Gasteiger partial charge < -0.3 is 10.6 Å². The van der Waals surface area contributed by atoms with Crippen LogP contribution in [0.1, 0.15) is 40.4 Å². The lowest BCUT2D eigenvalue weighted by Crippen LogP contribution is -2.23. The van der Waals surface area contributed by atoms with Crippen LogP contribution in [0.25, 0.3) is 0 Å². The Hall–Kier alpha value is -2.43. The van der Waals surface area contributed by atoms with E-state index >= 15 is 0 Å². The zero-order valence-corrected chi connectivity index (χ0v) is 13.1. The number of aromatic nitrogens is 2. The lowest BCUT2D eigenvalue weighted by Gasteiger charge is -2.26. The molecule has 114 valence electrons. The van der Waals surface area contributed by atoms with Gasteiger partial charge in [-0.1, -0.05) is 35.0 Å². The maximum absolute atomic E-state index is 5.81. The first-order valence-corrected chi connectivity index (χ1v) is 7.38. The van der Waals surface area contributed by atoms with E-state index in [1.54, 1.807) is 7.11 Å². The second-order valence-corrected chi connectivity index (χ2v) is 5.73. The summed E-state index contributed by atoms with van der Waals surface area (Å²) in [5, 5.41) is 4.20. The molecule has 1 aliphatic rings. The molecule has 0 aliphatic heterocycles. The lowest BCUT2D eigenvalue weighted by atomic mass is 9.80. The molecule has 5 heteroatoms. The molecule has 0 saturated heterocycles. The average molecular weight is 296 g/mol. The molecule has 1 aliphatic carbocycles. The Morgan fingerprint density at radius 1 is 1.14 bits per heavy atom. The van der Waals surface area contributed by atoms with Gasteiger partial charge in [-0.3, -0.25) is 0 Å². The van der Waals surface area contributed by atoms with Crippen molar-refractivity contribution in [3.05, 3.63) is 52.3 Å². The Morgan fingerprint density at radius 2 is 1.86 bits per heavy atom. The number of nitrogens with two attached hydrogens (primary N) is 1. The highest BCUT2D eigenvalue weighted by Gasteiger charge is 2.28. The second kappa shape index (κ2) is 5.75. The fourth-order valence-corrected chi connectivity index (χ4v) is 3.09. The molecule has 5 nitrogen and oxygen atoms in total. The van der Waals surface area contributed by atoms with E-state index in [0.29, 0.717) is 11.9 Å². The third-order valence-electron chi connectivity index (χ3n) is 4.10. The van der Waals surface area contributed by atoms with Gasteiger partial charge in [0.2, 0.25) is 5.95 Å². The maximum atomic E-state index is 5.81. The van der Waals surface area contributed by atoms with Crippen LogP contribution in [0.3, 0.4) is 0 Å². The summed E-state index contributed by atoms with van der Waals surface area (Å²) in [5.41, 5.74) is 12.1. The topological polar surface area (TPSA) is 73.4 Å². The third-order valence-corrected chi connectivity index (χ3v) is 4.10. The lowest BCUT2D eigenvalue weighted by molar-refractivity contribution is 0.212. The van der Waals surface area contributed by atoms with Gasteiger partial charge in [-0.15, -0.1) is 0 Å². The van der Waals surface area contributed by atoms with Crippen molar-refractivity contribution < 1.29 is 4.84 Å². The minimum Gasteiger partial charge on any atom is -0.399 e. The molecule has 3 rings (SSSR count). The summed E-state index contributed by atoms with van der Waals surface area (Å²) in [6, 6.07) is 8.62. The van der Waals surface area contributed by atoms with Gasteiger partial charge in [-0.05, 0) is 31.7 Å². The SMILES string of the molecule is CO/N=C1\CC(c2ccc(C)cc2)Cc2nc(N)nc(C)c21. The van der Waals surface area contributed by atoms with Crippen molar-refractivity contribution in [2.75, 3.05) is 12.8 Å². The zero-order valence-electron chi connectivity index (χ0n) is 13.1. The number of aryl methyl sites for hydroxylation is 2. The average Bonchev–Trinajstić information content (AvgIpc) is 2.47. The van der Waals surface area contributed by atoms with Crippen LogP contribution in [0.2, 0.25) is 0 Å². The number of hydrogen-bond donors (Lipinski definition) is 1. The van der Waals surface area contributed by atoms with E-state index in [1.807, 2.05) is 6.92 Å². The monoisotopic (exact) mass is 296 g/mol. The molecule has 22 heavy (non-hydrogen) atoms. The summed E-state index contributed by atoms with van der Waals surface area (Å²) in [6.07, 6.45) is 1.66. The summed E-state index contributed by atoms with van der Waals surface area (Å²) < 4.78 is 0. The quantitative estimate of drug-likeness (QED) is 0.865. The molecule has 0 amide bonds. The highest BCUT2D eigenvalue weighted by Crippen LogP contribution is 2.33. The van der Waals surface area contributed by atoms with Gasteiger partial charge in [0, 0.05) is 12.0 Å². The van der Waals surface area contributed by atoms with Crippen LogP contribution in [0, 0.1) is 13.8 Å². The van der Waals surface area contributed by atoms with Crippen molar-refractivity contribution in [1.82, 2.24) is 9.97 Å². The van der Waals surface area contributed by atoms with Crippen LogP contribution in [0.15, 0.2) is 29.4 Å². The first-order valence-electron chi connectivity index (χ1n) is 7.38. The van der Waals surface area contributed by atoms with Gasteiger partial charge >= 0.3 is 0 Å². The molecule has 0 fully saturated rings. The summed E-state index contributed by atoms with van der Waals surface area (Å²) >= 11 is 0. The molecule has 1 unspecified atom stereocenters. The van der Waals surface area contributed by atoms with E-state index in [9.17, 15) is 0 Å². The standard InChI is InChI=1S/C17H20N4O/c1-10-4-6-12(7-5-10)13-8-14-16(15(9-13)21-22-3)11(2)19-17(18)20-14/h4-7,13H,8-9H2,1-3H3,(H2,18,19,20)/b21-15+. The van der Waals surface area contributed by atoms with Gasteiger partial charge in [-0.25, -0.2) is 9.97 Å². The van der Waals surface area contributed by atoms with E-state index in [2.05, 4.69) is 46.3 Å². The molecular weight excluding hydrogens is 276 g/mol. The van der Waals surface area contributed by atoms with Gasteiger partial charge in [0.25, 0.3) is 0 Å². The summed E-state index contributed by atoms with van der Waals surface area (Å²) in [7, 11) is 1.57. The summed E-state index contributed by atoms with van der Waals surface area (Å²) in [4.78, 5) is 13.7. The molecule has 0 bridgehead atoms. The van der Waals surface area contributed by atoms with E-state index in [-0.39, 0.29) is 0 Å². The maximum Gasteiger partial charge on any atom is 0.220 e. The smallest absolute Gasteiger partial charge is 0.220 e. The molecule has 1 atom stereocenters. The summed E-state index contributed by atoms with van der Waals surface area (Å²) in [5.74, 6) is 0.647. The highest BCUT2D eigenvalue weighted by atomic mass is 16.6. The third kappa shape index (κ3) is 2.66. The fourth-order valence-electron chi connectivity index (χ4n) is 3.09. The molecule has 2 N–H and O–H groups in total. The van der Waals surface area contributed by atoms with E-state index in [0.717, 1.165) is 35.5 Å². The van der Waals surface area contributed by atoms with Crippen molar-refractivity contribution >= 4 is 11.7 Å². The van der Waals surface area contributed by atoms with Gasteiger partial charge in [-0.2, -0.15) is 0 Å². The first-order chi connectivity index (χ1) is 10.6. The van der Waals surface area contributed by atoms with E-state index < -0.39 is 0 Å². The van der Waals surface area contributed by atoms with Crippen LogP contribution in [0.5, 0.6) is 0 Å². The van der Waals surface area contributed by atoms with Gasteiger partial charge in [0.1, 0.15) is 7.11 Å². The van der Waals surface area contributed by atoms with Crippen molar-refractivity contribution in [2.45, 2.75) is 32.6 Å².